The Hall–Kier alpha value is -5.42. The Morgan fingerprint density at radius 1 is 0.385 bits per heavy atom. The van der Waals surface area contributed by atoms with E-state index in [-0.39, 0.29) is 10.8 Å². The van der Waals surface area contributed by atoms with E-state index in [9.17, 15) is 0 Å². The van der Waals surface area contributed by atoms with Crippen molar-refractivity contribution in [3.8, 4) is 0 Å². The molecular weight excluding hydrogens is 669 g/mol. The van der Waals surface area contributed by atoms with E-state index >= 15 is 0 Å². The number of benzene rings is 7. The second-order valence-electron chi connectivity index (χ2n) is 15.3. The molecule has 52 heavy (non-hydrogen) atoms. The van der Waals surface area contributed by atoms with Crippen LogP contribution in [-0.2, 0) is 10.8 Å². The fraction of sp³-hybridized carbons (Fsp3) is 0.125. The van der Waals surface area contributed by atoms with Gasteiger partial charge in [0, 0.05) is 62.5 Å². The quantitative estimate of drug-likeness (QED) is 0.177. The van der Waals surface area contributed by atoms with Gasteiger partial charge in [-0.3, -0.25) is 0 Å². The third-order valence-corrected chi connectivity index (χ3v) is 14.0. The summed E-state index contributed by atoms with van der Waals surface area (Å²) in [6.45, 7) is 9.66. The van der Waals surface area contributed by atoms with Crippen LogP contribution in [0.1, 0.15) is 49.9 Å². The van der Waals surface area contributed by atoms with Gasteiger partial charge in [0.05, 0.1) is 22.7 Å². The van der Waals surface area contributed by atoms with Crippen LogP contribution in [-0.4, -0.2) is 0 Å². The van der Waals surface area contributed by atoms with Crippen molar-refractivity contribution in [1.82, 2.24) is 0 Å². The van der Waals surface area contributed by atoms with Crippen molar-refractivity contribution < 1.29 is 0 Å². The standard InChI is InChI=1S/C48H36N2S2/c1-47(2)33-19-11-13-21-35(33)49(29-15-7-5-8-16-29)37-23-25-39-43(45(37)47)31-27-42-32(28-41(31)51-39)44-40(52-42)26-24-38-46(44)48(3,4)34-20-12-14-22-36(34)50(38)30-17-9-6-10-18-30/h5-28H,1-4H3. The van der Waals surface area contributed by atoms with Gasteiger partial charge in [0.2, 0.25) is 0 Å². The van der Waals surface area contributed by atoms with Crippen LogP contribution < -0.4 is 9.80 Å². The van der Waals surface area contributed by atoms with Crippen LogP contribution in [0.15, 0.2) is 146 Å². The lowest BCUT2D eigenvalue weighted by atomic mass is 9.71. The van der Waals surface area contributed by atoms with E-state index in [0.29, 0.717) is 0 Å². The SMILES string of the molecule is CC1(C)c2ccccc2N(c2ccccc2)c2ccc3sc4cc5c(cc4c3c21)sc1ccc2c(c15)C(C)(C)c1ccccc1N2c1ccccc1. The van der Waals surface area contributed by atoms with Crippen LogP contribution in [0.2, 0.25) is 0 Å². The Labute approximate surface area is 311 Å². The van der Waals surface area contributed by atoms with Gasteiger partial charge in [-0.2, -0.15) is 0 Å². The zero-order valence-corrected chi connectivity index (χ0v) is 31.2. The predicted molar refractivity (Wildman–Crippen MR) is 226 cm³/mol. The molecule has 2 aliphatic rings. The molecule has 0 N–H and O–H groups in total. The molecule has 4 heterocycles. The van der Waals surface area contributed by atoms with Gasteiger partial charge >= 0.3 is 0 Å². The molecule has 0 fully saturated rings. The van der Waals surface area contributed by atoms with Gasteiger partial charge in [-0.25, -0.2) is 0 Å². The van der Waals surface area contributed by atoms with E-state index in [4.69, 9.17) is 0 Å². The van der Waals surface area contributed by atoms with Crippen LogP contribution in [0.5, 0.6) is 0 Å². The predicted octanol–water partition coefficient (Wildman–Crippen LogP) is 14.6. The first-order chi connectivity index (χ1) is 25.3. The van der Waals surface area contributed by atoms with Gasteiger partial charge in [0.25, 0.3) is 0 Å². The van der Waals surface area contributed by atoms with E-state index in [2.05, 4.69) is 183 Å². The number of hydrogen-bond donors (Lipinski definition) is 0. The van der Waals surface area contributed by atoms with E-state index in [1.54, 1.807) is 0 Å². The minimum absolute atomic E-state index is 0.183. The molecule has 0 aliphatic carbocycles. The first kappa shape index (κ1) is 30.2. The van der Waals surface area contributed by atoms with Crippen LogP contribution in [0.3, 0.4) is 0 Å². The largest absolute Gasteiger partial charge is 0.310 e. The van der Waals surface area contributed by atoms with Crippen LogP contribution in [0.25, 0.3) is 40.3 Å². The fourth-order valence-electron chi connectivity index (χ4n) is 9.48. The highest BCUT2D eigenvalue weighted by Crippen LogP contribution is 2.58. The molecule has 7 aromatic carbocycles. The van der Waals surface area contributed by atoms with E-state index in [1.807, 2.05) is 22.7 Å². The van der Waals surface area contributed by atoms with Crippen LogP contribution in [0.4, 0.5) is 34.1 Å². The topological polar surface area (TPSA) is 6.48 Å². The first-order valence-electron chi connectivity index (χ1n) is 18.1. The summed E-state index contributed by atoms with van der Waals surface area (Å²) in [6.07, 6.45) is 0. The molecule has 0 unspecified atom stereocenters. The highest BCUT2D eigenvalue weighted by atomic mass is 32.1. The maximum absolute atomic E-state index is 2.52. The summed E-state index contributed by atoms with van der Waals surface area (Å²) in [7, 11) is 0. The van der Waals surface area contributed by atoms with Crippen molar-refractivity contribution in [3.63, 3.8) is 0 Å². The zero-order valence-electron chi connectivity index (χ0n) is 29.6. The number of thiophene rings is 2. The van der Waals surface area contributed by atoms with Crippen molar-refractivity contribution >= 4 is 97.1 Å². The van der Waals surface area contributed by atoms with Gasteiger partial charge in [-0.1, -0.05) is 100 Å². The molecule has 4 heteroatoms. The molecule has 2 aromatic heterocycles. The zero-order chi connectivity index (χ0) is 34.9. The summed E-state index contributed by atoms with van der Waals surface area (Å²) in [5.74, 6) is 0. The summed E-state index contributed by atoms with van der Waals surface area (Å²) in [5, 5.41) is 5.51. The maximum atomic E-state index is 2.52. The smallest absolute Gasteiger partial charge is 0.0509 e. The van der Waals surface area contributed by atoms with E-state index in [0.717, 1.165) is 0 Å². The van der Waals surface area contributed by atoms with E-state index < -0.39 is 0 Å². The van der Waals surface area contributed by atoms with Gasteiger partial charge < -0.3 is 9.80 Å². The molecule has 0 saturated carbocycles. The Morgan fingerprint density at radius 3 is 1.19 bits per heavy atom. The van der Waals surface area contributed by atoms with Gasteiger partial charge in [-0.05, 0) is 95.1 Å². The van der Waals surface area contributed by atoms with Crippen molar-refractivity contribution in [3.05, 3.63) is 168 Å². The average molecular weight is 705 g/mol. The van der Waals surface area contributed by atoms with Crippen molar-refractivity contribution in [1.29, 1.82) is 0 Å². The van der Waals surface area contributed by atoms with Crippen molar-refractivity contribution in [2.45, 2.75) is 38.5 Å². The summed E-state index contributed by atoms with van der Waals surface area (Å²) < 4.78 is 5.40. The molecule has 0 bridgehead atoms. The maximum Gasteiger partial charge on any atom is 0.0509 e. The van der Waals surface area contributed by atoms with Gasteiger partial charge in [-0.15, -0.1) is 22.7 Å². The van der Waals surface area contributed by atoms with Gasteiger partial charge in [0.15, 0.2) is 0 Å². The van der Waals surface area contributed by atoms with Crippen molar-refractivity contribution in [2.24, 2.45) is 0 Å². The molecule has 11 rings (SSSR count). The minimum atomic E-state index is -0.183. The van der Waals surface area contributed by atoms with Gasteiger partial charge in [0.1, 0.15) is 0 Å². The number of anilines is 6. The normalized spacial score (nSPS) is 15.5. The Balaban J connectivity index is 1.20. The second-order valence-corrected chi connectivity index (χ2v) is 17.5. The number of rotatable bonds is 2. The lowest BCUT2D eigenvalue weighted by Crippen LogP contribution is -2.30. The molecule has 0 atom stereocenters. The summed E-state index contributed by atoms with van der Waals surface area (Å²) in [4.78, 5) is 4.95. The van der Waals surface area contributed by atoms with Crippen LogP contribution >= 0.6 is 22.7 Å². The molecule has 0 amide bonds. The Kier molecular flexibility index (Phi) is 6.14. The second kappa shape index (κ2) is 10.6. The number of nitrogens with zero attached hydrogens (tertiary/aromatic N) is 2. The summed E-state index contributed by atoms with van der Waals surface area (Å²) >= 11 is 3.88. The number of fused-ring (bicyclic) bond motifs is 12. The average Bonchev–Trinajstić information content (AvgIpc) is 3.72. The molecule has 2 nitrogen and oxygen atoms in total. The molecule has 250 valence electrons. The molecular formula is C48H36N2S2. The summed E-state index contributed by atoms with van der Waals surface area (Å²) in [5.41, 5.74) is 12.6. The number of hydrogen-bond acceptors (Lipinski definition) is 4. The monoisotopic (exact) mass is 704 g/mol. The number of para-hydroxylation sites is 4. The molecule has 9 aromatic rings. The van der Waals surface area contributed by atoms with E-state index in [1.165, 1.54) is 96.7 Å². The molecule has 0 radical (unpaired) electrons. The third-order valence-electron chi connectivity index (χ3n) is 11.7. The minimum Gasteiger partial charge on any atom is -0.310 e. The summed E-state index contributed by atoms with van der Waals surface area (Å²) in [6, 6.07) is 54.2. The fourth-order valence-corrected chi connectivity index (χ4v) is 11.7. The highest BCUT2D eigenvalue weighted by Gasteiger charge is 2.41. The van der Waals surface area contributed by atoms with Crippen molar-refractivity contribution in [2.75, 3.05) is 9.80 Å². The highest BCUT2D eigenvalue weighted by molar-refractivity contribution is 7.27. The Bertz CT molecular complexity index is 2710. The lowest BCUT2D eigenvalue weighted by molar-refractivity contribution is 0.638. The molecule has 2 aliphatic heterocycles. The Morgan fingerprint density at radius 2 is 0.769 bits per heavy atom. The molecule has 0 spiro atoms. The van der Waals surface area contributed by atoms with Crippen LogP contribution in [0, 0.1) is 0 Å². The third kappa shape index (κ3) is 3.94. The first-order valence-corrected chi connectivity index (χ1v) is 19.7. The lowest BCUT2D eigenvalue weighted by Gasteiger charge is -2.42. The molecule has 0 saturated heterocycles.